The lowest BCUT2D eigenvalue weighted by molar-refractivity contribution is -0.138. The average Bonchev–Trinajstić information content (AvgIpc) is 2.92. The van der Waals surface area contributed by atoms with Crippen molar-refractivity contribution < 1.29 is 43.0 Å². The number of hydrogen-bond donors (Lipinski definition) is 3. The number of carboxylic acid groups (broad SMARTS) is 3. The molecule has 0 spiro atoms. The maximum Gasteiger partial charge on any atom is 0.500 e. The summed E-state index contributed by atoms with van der Waals surface area (Å²) in [4.78, 5) is 42.6. The van der Waals surface area contributed by atoms with Crippen LogP contribution in [0.25, 0.3) is 0 Å². The Kier molecular flexibility index (Phi) is 20.0. The Labute approximate surface area is 246 Å². The Morgan fingerprint density at radius 2 is 0.878 bits per heavy atom. The highest BCUT2D eigenvalue weighted by atomic mass is 28.4. The van der Waals surface area contributed by atoms with Gasteiger partial charge in [0.1, 0.15) is 0 Å². The fourth-order valence-corrected chi connectivity index (χ4v) is 7.58. The summed E-state index contributed by atoms with van der Waals surface area (Å²) in [6.07, 6.45) is 1.82. The van der Waals surface area contributed by atoms with Crippen LogP contribution in [0.5, 0.6) is 0 Å². The molecule has 0 unspecified atom stereocenters. The molecular formula is C27H54N4O9Si. The summed E-state index contributed by atoms with van der Waals surface area (Å²) in [7, 11) is -2.75. The highest BCUT2D eigenvalue weighted by Gasteiger charge is 2.39. The lowest BCUT2D eigenvalue weighted by Crippen LogP contribution is -2.46. The fourth-order valence-electron chi connectivity index (χ4n) is 4.99. The Morgan fingerprint density at radius 3 is 1.20 bits per heavy atom. The van der Waals surface area contributed by atoms with Gasteiger partial charge in [0.05, 0.1) is 19.3 Å². The first-order valence-electron chi connectivity index (χ1n) is 15.1. The fraction of sp³-hybridized carbons (Fsp3) is 0.889. The van der Waals surface area contributed by atoms with E-state index in [4.69, 9.17) is 13.3 Å². The van der Waals surface area contributed by atoms with Crippen molar-refractivity contribution in [1.29, 1.82) is 0 Å². The average molecular weight is 607 g/mol. The lowest BCUT2D eigenvalue weighted by atomic mass is 10.3. The van der Waals surface area contributed by atoms with Gasteiger partial charge < -0.3 is 48.2 Å². The zero-order valence-electron chi connectivity index (χ0n) is 25.4. The van der Waals surface area contributed by atoms with E-state index in [1.807, 2.05) is 20.8 Å². The molecule has 41 heavy (non-hydrogen) atoms. The van der Waals surface area contributed by atoms with Crippen LogP contribution in [0, 0.1) is 0 Å². The van der Waals surface area contributed by atoms with E-state index in [1.54, 1.807) is 0 Å². The largest absolute Gasteiger partial charge is 0.500 e. The molecule has 3 N–H and O–H groups in total. The summed E-state index contributed by atoms with van der Waals surface area (Å²) >= 11 is 0. The van der Waals surface area contributed by atoms with Crippen LogP contribution in [0.15, 0.2) is 0 Å². The van der Waals surface area contributed by atoms with Crippen LogP contribution >= 0.6 is 0 Å². The van der Waals surface area contributed by atoms with E-state index < -0.39 is 26.7 Å². The van der Waals surface area contributed by atoms with Crippen LogP contribution in [-0.2, 0) is 27.7 Å². The molecule has 13 nitrogen and oxygen atoms in total. The van der Waals surface area contributed by atoms with Gasteiger partial charge in [-0.3, -0.25) is 14.4 Å². The summed E-state index contributed by atoms with van der Waals surface area (Å²) in [6.45, 7) is 15.1. The first kappa shape index (κ1) is 37.4. The highest BCUT2D eigenvalue weighted by molar-refractivity contribution is 6.60. The Bertz CT molecular complexity index is 733. The summed E-state index contributed by atoms with van der Waals surface area (Å²) in [5, 5.41) is 27.7. The summed E-state index contributed by atoms with van der Waals surface area (Å²) in [6, 6.07) is 0.713. The zero-order valence-corrected chi connectivity index (χ0v) is 26.4. The molecule has 0 aliphatic carbocycles. The van der Waals surface area contributed by atoms with E-state index in [0.717, 1.165) is 39.0 Å². The molecule has 0 aromatic rings. The topological polar surface area (TPSA) is 153 Å². The van der Waals surface area contributed by atoms with Gasteiger partial charge in [0, 0.05) is 84.8 Å². The third-order valence-corrected chi connectivity index (χ3v) is 10.3. The van der Waals surface area contributed by atoms with Gasteiger partial charge in [0.25, 0.3) is 0 Å². The molecule has 0 aromatic heterocycles. The van der Waals surface area contributed by atoms with E-state index in [0.29, 0.717) is 78.2 Å². The predicted molar refractivity (Wildman–Crippen MR) is 157 cm³/mol. The predicted octanol–water partition coefficient (Wildman–Crippen LogP) is 1.46. The van der Waals surface area contributed by atoms with Crippen molar-refractivity contribution in [2.24, 2.45) is 0 Å². The van der Waals surface area contributed by atoms with Crippen molar-refractivity contribution >= 4 is 26.7 Å². The van der Waals surface area contributed by atoms with Gasteiger partial charge in [0.2, 0.25) is 0 Å². The van der Waals surface area contributed by atoms with Crippen molar-refractivity contribution in [3.8, 4) is 0 Å². The molecule has 0 radical (unpaired) electrons. The van der Waals surface area contributed by atoms with Crippen molar-refractivity contribution in [3.05, 3.63) is 0 Å². The van der Waals surface area contributed by atoms with E-state index in [-0.39, 0.29) is 19.3 Å². The zero-order chi connectivity index (χ0) is 30.5. The minimum atomic E-state index is -2.75. The number of hydrogen-bond acceptors (Lipinski definition) is 10. The van der Waals surface area contributed by atoms with Crippen LogP contribution in [0.4, 0.5) is 0 Å². The molecular weight excluding hydrogens is 552 g/mol. The van der Waals surface area contributed by atoms with Crippen LogP contribution in [0.3, 0.4) is 0 Å². The van der Waals surface area contributed by atoms with E-state index >= 15 is 0 Å². The maximum atomic E-state index is 11.3. The van der Waals surface area contributed by atoms with Crippen molar-refractivity contribution in [2.75, 3.05) is 98.4 Å². The second-order valence-electron chi connectivity index (χ2n) is 10.2. The van der Waals surface area contributed by atoms with Crippen LogP contribution in [0.1, 0.15) is 52.9 Å². The molecule has 1 rings (SSSR count). The lowest BCUT2D eigenvalue weighted by Gasteiger charge is -2.31. The monoisotopic (exact) mass is 606 g/mol. The summed E-state index contributed by atoms with van der Waals surface area (Å²) in [5.74, 6) is -2.54. The van der Waals surface area contributed by atoms with Gasteiger partial charge in [-0.15, -0.1) is 0 Å². The third-order valence-electron chi connectivity index (χ3n) is 7.12. The van der Waals surface area contributed by atoms with Crippen molar-refractivity contribution in [2.45, 2.75) is 58.9 Å². The van der Waals surface area contributed by atoms with E-state index in [2.05, 4.69) is 19.6 Å². The van der Waals surface area contributed by atoms with Crippen molar-refractivity contribution in [1.82, 2.24) is 19.6 Å². The van der Waals surface area contributed by atoms with Gasteiger partial charge in [-0.05, 0) is 53.2 Å². The number of carboxylic acids is 3. The Hall–Kier alpha value is -1.65. The molecule has 1 aliphatic heterocycles. The molecule has 1 heterocycles. The van der Waals surface area contributed by atoms with Gasteiger partial charge >= 0.3 is 26.7 Å². The van der Waals surface area contributed by atoms with Crippen LogP contribution in [0.2, 0.25) is 6.04 Å². The number of aliphatic carboxylic acids is 3. The van der Waals surface area contributed by atoms with Crippen LogP contribution < -0.4 is 0 Å². The minimum absolute atomic E-state index is 0.0219. The molecule has 0 bridgehead atoms. The number of nitrogens with zero attached hydrogens (tertiary/aromatic N) is 4. The summed E-state index contributed by atoms with van der Waals surface area (Å²) < 4.78 is 18.1. The minimum Gasteiger partial charge on any atom is -0.481 e. The second-order valence-corrected chi connectivity index (χ2v) is 13.0. The van der Waals surface area contributed by atoms with E-state index in [1.165, 1.54) is 0 Å². The molecule has 0 aromatic carbocycles. The maximum absolute atomic E-state index is 11.3. The van der Waals surface area contributed by atoms with Crippen LogP contribution in [-0.4, -0.2) is 160 Å². The van der Waals surface area contributed by atoms with Gasteiger partial charge in [-0.1, -0.05) is 0 Å². The molecule has 0 saturated carbocycles. The Morgan fingerprint density at radius 1 is 0.561 bits per heavy atom. The van der Waals surface area contributed by atoms with Gasteiger partial charge in [-0.25, -0.2) is 0 Å². The molecule has 1 fully saturated rings. The first-order valence-corrected chi connectivity index (χ1v) is 17.0. The normalized spacial score (nSPS) is 17.9. The molecule has 1 aliphatic rings. The second kappa shape index (κ2) is 22.0. The quantitative estimate of drug-likeness (QED) is 0.182. The number of rotatable bonds is 19. The molecule has 14 heteroatoms. The molecule has 0 atom stereocenters. The smallest absolute Gasteiger partial charge is 0.481 e. The molecule has 1 saturated heterocycles. The highest BCUT2D eigenvalue weighted by Crippen LogP contribution is 2.19. The third kappa shape index (κ3) is 17.8. The molecule has 0 amide bonds. The first-order chi connectivity index (χ1) is 19.6. The Balaban J connectivity index is 3.00. The SMILES string of the molecule is CCO[Si](CCCN1CCCN(CCC(=O)O)CCN(CCC(=O)O)CCN(CCC(=O)O)CC1)(OCC)OCC. The summed E-state index contributed by atoms with van der Waals surface area (Å²) in [5.41, 5.74) is 0. The number of carbonyl (C=O) groups is 3. The molecule has 240 valence electrons. The van der Waals surface area contributed by atoms with Gasteiger partial charge in [-0.2, -0.15) is 0 Å². The van der Waals surface area contributed by atoms with E-state index in [9.17, 15) is 29.7 Å². The standard InChI is InChI=1S/C27H54N4O9Si/c1-4-38-41(39-5-2,40-6-3)24-8-14-28-12-7-13-29(15-9-25(32)33)19-21-31(17-11-27(36)37)23-22-30(20-18-28)16-10-26(34)35/h4-24H2,1-3H3,(H,32,33)(H,34,35)(H,36,37). The van der Waals surface area contributed by atoms with Gasteiger partial charge in [0.15, 0.2) is 0 Å². The van der Waals surface area contributed by atoms with Crippen molar-refractivity contribution in [3.63, 3.8) is 0 Å².